The molecule has 0 aliphatic carbocycles. The molecule has 20 heavy (non-hydrogen) atoms. The van der Waals surface area contributed by atoms with Crippen molar-refractivity contribution in [2.75, 3.05) is 19.6 Å². The summed E-state index contributed by atoms with van der Waals surface area (Å²) in [6, 6.07) is 5.45. The van der Waals surface area contributed by atoms with Gasteiger partial charge >= 0.3 is 0 Å². The molecule has 0 spiro atoms. The molecular weight excluding hydrogens is 338 g/mol. The van der Waals surface area contributed by atoms with E-state index in [1.165, 1.54) is 19.3 Å². The van der Waals surface area contributed by atoms with Crippen LogP contribution in [0.1, 0.15) is 43.0 Å². The van der Waals surface area contributed by atoms with E-state index >= 15 is 0 Å². The third-order valence-electron chi connectivity index (χ3n) is 4.00. The summed E-state index contributed by atoms with van der Waals surface area (Å²) in [5.41, 5.74) is 0.637. The second kappa shape index (κ2) is 7.58. The van der Waals surface area contributed by atoms with Crippen LogP contribution in [0.5, 0.6) is 0 Å². The highest BCUT2D eigenvalue weighted by atomic mass is 79.9. The van der Waals surface area contributed by atoms with Crippen LogP contribution in [0.4, 0.5) is 0 Å². The average molecular weight is 359 g/mol. The molecule has 1 aromatic rings. The first-order chi connectivity index (χ1) is 9.56. The molecule has 0 bridgehead atoms. The number of hydrogen-bond donors (Lipinski definition) is 0. The van der Waals surface area contributed by atoms with Crippen LogP contribution in [-0.2, 0) is 0 Å². The van der Waals surface area contributed by atoms with Gasteiger partial charge in [-0.05, 0) is 56.5 Å². The lowest BCUT2D eigenvalue weighted by molar-refractivity contribution is 0.0965. The molecule has 1 unspecified atom stereocenters. The fourth-order valence-corrected chi connectivity index (χ4v) is 3.43. The molecule has 1 atom stereocenters. The summed E-state index contributed by atoms with van der Waals surface area (Å²) in [6.07, 6.45) is 4.35. The second-order valence-electron chi connectivity index (χ2n) is 5.68. The lowest BCUT2D eigenvalue weighted by Crippen LogP contribution is -2.27. The van der Waals surface area contributed by atoms with Crippen LogP contribution in [0.2, 0.25) is 5.02 Å². The van der Waals surface area contributed by atoms with E-state index in [-0.39, 0.29) is 5.78 Å². The summed E-state index contributed by atoms with van der Waals surface area (Å²) in [7, 11) is 0. The van der Waals surface area contributed by atoms with Crippen molar-refractivity contribution < 1.29 is 4.79 Å². The molecule has 110 valence electrons. The Hall–Kier alpha value is -0.380. The predicted molar refractivity (Wildman–Crippen MR) is 87.6 cm³/mol. The van der Waals surface area contributed by atoms with Crippen molar-refractivity contribution in [3.8, 4) is 0 Å². The van der Waals surface area contributed by atoms with Crippen LogP contribution >= 0.6 is 27.5 Å². The number of hydrogen-bond acceptors (Lipinski definition) is 2. The zero-order valence-corrected chi connectivity index (χ0v) is 14.2. The van der Waals surface area contributed by atoms with Crippen LogP contribution in [0.3, 0.4) is 0 Å². The normalized spacial score (nSPS) is 20.6. The van der Waals surface area contributed by atoms with Crippen molar-refractivity contribution in [2.24, 2.45) is 5.92 Å². The third kappa shape index (κ3) is 4.57. The molecule has 1 saturated heterocycles. The molecule has 1 aliphatic rings. The van der Waals surface area contributed by atoms with Gasteiger partial charge in [0.15, 0.2) is 5.78 Å². The maximum absolute atomic E-state index is 12.2. The van der Waals surface area contributed by atoms with Crippen LogP contribution < -0.4 is 0 Å². The maximum atomic E-state index is 12.2. The van der Waals surface area contributed by atoms with Crippen molar-refractivity contribution in [3.63, 3.8) is 0 Å². The monoisotopic (exact) mass is 357 g/mol. The Morgan fingerprint density at radius 1 is 1.40 bits per heavy atom. The Bertz CT molecular complexity index is 478. The quantitative estimate of drug-likeness (QED) is 0.721. The molecule has 1 aliphatic heterocycles. The average Bonchev–Trinajstić information content (AvgIpc) is 2.61. The van der Waals surface area contributed by atoms with E-state index in [0.717, 1.165) is 30.0 Å². The summed E-state index contributed by atoms with van der Waals surface area (Å²) >= 11 is 9.48. The van der Waals surface area contributed by atoms with Gasteiger partial charge in [0.25, 0.3) is 0 Å². The minimum atomic E-state index is 0.139. The first-order valence-corrected chi connectivity index (χ1v) is 8.44. The first-order valence-electron chi connectivity index (χ1n) is 7.27. The molecule has 4 heteroatoms. The summed E-state index contributed by atoms with van der Waals surface area (Å²) in [5.74, 6) is 0.955. The van der Waals surface area contributed by atoms with Gasteiger partial charge in [-0.1, -0.05) is 34.5 Å². The van der Waals surface area contributed by atoms with Gasteiger partial charge in [-0.2, -0.15) is 0 Å². The number of likely N-dealkylation sites (tertiary alicyclic amines) is 1. The Morgan fingerprint density at radius 3 is 2.95 bits per heavy atom. The van der Waals surface area contributed by atoms with Gasteiger partial charge in [0.1, 0.15) is 0 Å². The van der Waals surface area contributed by atoms with Gasteiger partial charge in [0.05, 0.1) is 5.02 Å². The first kappa shape index (κ1) is 16.0. The predicted octanol–water partition coefficient (Wildman–Crippen LogP) is 4.80. The van der Waals surface area contributed by atoms with Crippen molar-refractivity contribution in [2.45, 2.75) is 32.6 Å². The lowest BCUT2D eigenvalue weighted by atomic mass is 10.0. The number of Topliss-reactive ketones (excluding diaryl/α,β-unsaturated/α-hetero) is 1. The molecule has 0 amide bonds. The second-order valence-corrected chi connectivity index (χ2v) is 7.00. The summed E-state index contributed by atoms with van der Waals surface area (Å²) in [6.45, 7) is 5.39. The van der Waals surface area contributed by atoms with Crippen LogP contribution in [0.25, 0.3) is 0 Å². The van der Waals surface area contributed by atoms with E-state index in [2.05, 4.69) is 27.8 Å². The smallest absolute Gasteiger partial charge is 0.165 e. The molecule has 1 fully saturated rings. The van der Waals surface area contributed by atoms with E-state index in [0.29, 0.717) is 17.0 Å². The van der Waals surface area contributed by atoms with Crippen LogP contribution in [0.15, 0.2) is 22.7 Å². The Balaban J connectivity index is 1.88. The van der Waals surface area contributed by atoms with Gasteiger partial charge < -0.3 is 4.90 Å². The molecule has 0 radical (unpaired) electrons. The molecule has 1 heterocycles. The molecule has 0 N–H and O–H groups in total. The van der Waals surface area contributed by atoms with Crippen molar-refractivity contribution in [1.82, 2.24) is 4.90 Å². The molecular formula is C16H21BrClNO. The van der Waals surface area contributed by atoms with E-state index < -0.39 is 0 Å². The summed E-state index contributed by atoms with van der Waals surface area (Å²) in [4.78, 5) is 14.7. The zero-order chi connectivity index (χ0) is 14.5. The molecule has 1 aromatic carbocycles. The van der Waals surface area contributed by atoms with Gasteiger partial charge in [-0.25, -0.2) is 0 Å². The minimum Gasteiger partial charge on any atom is -0.303 e. The largest absolute Gasteiger partial charge is 0.303 e. The molecule has 0 saturated carbocycles. The lowest BCUT2D eigenvalue weighted by Gasteiger charge is -2.19. The summed E-state index contributed by atoms with van der Waals surface area (Å²) < 4.78 is 0.903. The van der Waals surface area contributed by atoms with Gasteiger partial charge in [-0.3, -0.25) is 4.79 Å². The van der Waals surface area contributed by atoms with E-state index in [4.69, 9.17) is 11.6 Å². The number of nitrogens with zero attached hydrogens (tertiary/aromatic N) is 1. The van der Waals surface area contributed by atoms with Crippen molar-refractivity contribution in [1.29, 1.82) is 0 Å². The summed E-state index contributed by atoms with van der Waals surface area (Å²) in [5, 5.41) is 0.536. The highest BCUT2D eigenvalue weighted by molar-refractivity contribution is 9.10. The number of carbonyl (C=O) groups is 1. The topological polar surface area (TPSA) is 20.3 Å². The Labute approximate surface area is 134 Å². The number of ketones is 1. The number of benzene rings is 1. The van der Waals surface area contributed by atoms with Gasteiger partial charge in [0, 0.05) is 23.0 Å². The van der Waals surface area contributed by atoms with Crippen molar-refractivity contribution in [3.05, 3.63) is 33.3 Å². The number of carbonyl (C=O) groups excluding carboxylic acids is 1. The van der Waals surface area contributed by atoms with E-state index in [9.17, 15) is 4.79 Å². The highest BCUT2D eigenvalue weighted by Crippen LogP contribution is 2.23. The number of halogens is 2. The van der Waals surface area contributed by atoms with Crippen LogP contribution in [-0.4, -0.2) is 30.3 Å². The maximum Gasteiger partial charge on any atom is 0.165 e. The fraction of sp³-hybridized carbons (Fsp3) is 0.562. The highest BCUT2D eigenvalue weighted by Gasteiger charge is 2.16. The van der Waals surface area contributed by atoms with Gasteiger partial charge in [-0.15, -0.1) is 0 Å². The fourth-order valence-electron chi connectivity index (χ4n) is 2.66. The zero-order valence-electron chi connectivity index (χ0n) is 11.9. The number of rotatable bonds is 4. The van der Waals surface area contributed by atoms with Crippen LogP contribution in [0, 0.1) is 5.92 Å². The SMILES string of the molecule is CC1CCCN(CCC(=O)c2ccc(Br)cc2Cl)CC1. The molecule has 2 rings (SSSR count). The minimum absolute atomic E-state index is 0.139. The Kier molecular flexibility index (Phi) is 6.06. The standard InChI is InChI=1S/C16H21BrClNO/c1-12-3-2-8-19(9-6-12)10-7-16(20)14-5-4-13(17)11-15(14)18/h4-5,11-12H,2-3,6-10H2,1H3. The van der Waals surface area contributed by atoms with E-state index in [1.54, 1.807) is 12.1 Å². The molecule has 2 nitrogen and oxygen atoms in total. The Morgan fingerprint density at radius 2 is 2.20 bits per heavy atom. The van der Waals surface area contributed by atoms with Crippen molar-refractivity contribution >= 4 is 33.3 Å². The third-order valence-corrected chi connectivity index (χ3v) is 4.80. The molecule has 0 aromatic heterocycles. The van der Waals surface area contributed by atoms with Gasteiger partial charge in [0.2, 0.25) is 0 Å². The van der Waals surface area contributed by atoms with E-state index in [1.807, 2.05) is 6.07 Å².